The van der Waals surface area contributed by atoms with E-state index < -0.39 is 0 Å². The molecule has 2 aromatic carbocycles. The number of benzene rings is 2. The van der Waals surface area contributed by atoms with E-state index in [1.165, 1.54) is 3.70 Å². The summed E-state index contributed by atoms with van der Waals surface area (Å²) < 4.78 is 21.4. The maximum atomic E-state index is 5.83. The van der Waals surface area contributed by atoms with Crippen molar-refractivity contribution in [1.29, 1.82) is 0 Å². The molecular weight excluding hydrogens is 917 g/mol. The van der Waals surface area contributed by atoms with E-state index in [-0.39, 0.29) is 0 Å². The van der Waals surface area contributed by atoms with E-state index in [0.29, 0.717) is 0 Å². The molecule has 0 atom stereocenters. The van der Waals surface area contributed by atoms with Gasteiger partial charge in [-0.1, -0.05) is 31.9 Å². The van der Waals surface area contributed by atoms with Gasteiger partial charge in [-0.3, -0.25) is 0 Å². The van der Waals surface area contributed by atoms with Gasteiger partial charge in [0.25, 0.3) is 0 Å². The summed E-state index contributed by atoms with van der Waals surface area (Å²) in [6.07, 6.45) is 4.10. The SMILES string of the molecule is Brc1ccc2c(c1)OCCCn1c-2nc(I)c1I.Brc1ccc2c(c1)OCCCn1cc(I)nc1-2. The van der Waals surface area contributed by atoms with E-state index in [9.17, 15) is 0 Å². The van der Waals surface area contributed by atoms with Crippen LogP contribution in [0.4, 0.5) is 0 Å². The van der Waals surface area contributed by atoms with Crippen LogP contribution in [-0.4, -0.2) is 32.3 Å². The maximum absolute atomic E-state index is 5.83. The molecule has 2 aliphatic heterocycles. The third-order valence-corrected chi connectivity index (χ3v) is 9.95. The Hall–Kier alpha value is -0.390. The fraction of sp³-hybridized carbons (Fsp3) is 0.250. The maximum Gasteiger partial charge on any atom is 0.145 e. The van der Waals surface area contributed by atoms with Crippen molar-refractivity contribution in [1.82, 2.24) is 19.1 Å². The molecule has 2 aliphatic rings. The second kappa shape index (κ2) is 11.6. The Balaban J connectivity index is 0.000000145. The van der Waals surface area contributed by atoms with Crippen molar-refractivity contribution in [3.8, 4) is 34.3 Å². The van der Waals surface area contributed by atoms with Crippen molar-refractivity contribution in [3.63, 3.8) is 0 Å². The van der Waals surface area contributed by atoms with Crippen LogP contribution in [0.3, 0.4) is 0 Å². The van der Waals surface area contributed by atoms with Gasteiger partial charge in [0.2, 0.25) is 0 Å². The van der Waals surface area contributed by atoms with Crippen molar-refractivity contribution in [3.05, 3.63) is 62.6 Å². The predicted molar refractivity (Wildman–Crippen MR) is 169 cm³/mol. The Kier molecular flexibility index (Phi) is 8.66. The highest BCUT2D eigenvalue weighted by atomic mass is 127. The third-order valence-electron chi connectivity index (χ3n) is 5.57. The van der Waals surface area contributed by atoms with Gasteiger partial charge >= 0.3 is 0 Å². The number of halogens is 5. The first-order valence-electron chi connectivity index (χ1n) is 10.9. The van der Waals surface area contributed by atoms with Crippen LogP contribution < -0.4 is 9.47 Å². The van der Waals surface area contributed by atoms with Gasteiger partial charge in [0.15, 0.2) is 0 Å². The van der Waals surface area contributed by atoms with Gasteiger partial charge in [-0.15, -0.1) is 0 Å². The molecule has 0 unspecified atom stereocenters. The summed E-state index contributed by atoms with van der Waals surface area (Å²) in [6, 6.07) is 12.2. The smallest absolute Gasteiger partial charge is 0.145 e. The van der Waals surface area contributed by atoms with Crippen molar-refractivity contribution >= 4 is 99.6 Å². The number of aromatic nitrogens is 4. The Labute approximate surface area is 261 Å². The topological polar surface area (TPSA) is 54.1 Å². The average molecular weight is 936 g/mol. The number of ether oxygens (including phenoxy) is 2. The molecule has 11 heteroatoms. The van der Waals surface area contributed by atoms with Gasteiger partial charge in [0, 0.05) is 28.2 Å². The van der Waals surface area contributed by atoms with E-state index >= 15 is 0 Å². The number of imidazole rings is 2. The zero-order valence-corrected chi connectivity index (χ0v) is 27.9. The van der Waals surface area contributed by atoms with Crippen LogP contribution in [0.25, 0.3) is 22.8 Å². The molecule has 0 N–H and O–H groups in total. The Bertz CT molecular complexity index is 1390. The normalized spacial score (nSPS) is 14.2. The lowest BCUT2D eigenvalue weighted by Gasteiger charge is -2.17. The van der Waals surface area contributed by atoms with E-state index in [2.05, 4.69) is 137 Å². The van der Waals surface area contributed by atoms with Gasteiger partial charge in [-0.05, 0) is 117 Å². The number of rotatable bonds is 0. The highest BCUT2D eigenvalue weighted by molar-refractivity contribution is 14.1. The summed E-state index contributed by atoms with van der Waals surface area (Å²) in [5, 5.41) is 0. The molecule has 35 heavy (non-hydrogen) atoms. The van der Waals surface area contributed by atoms with Crippen molar-refractivity contribution in [2.75, 3.05) is 13.2 Å². The lowest BCUT2D eigenvalue weighted by atomic mass is 10.1. The first kappa shape index (κ1) is 26.2. The summed E-state index contributed by atoms with van der Waals surface area (Å²) in [6.45, 7) is 3.41. The lowest BCUT2D eigenvalue weighted by Crippen LogP contribution is -2.11. The third kappa shape index (κ3) is 5.87. The minimum absolute atomic E-state index is 0.744. The molecule has 6 rings (SSSR count). The second-order valence-electron chi connectivity index (χ2n) is 7.93. The quantitative estimate of drug-likeness (QED) is 0.168. The zero-order valence-electron chi connectivity index (χ0n) is 18.3. The minimum atomic E-state index is 0.744. The van der Waals surface area contributed by atoms with Gasteiger partial charge in [-0.2, -0.15) is 0 Å². The molecule has 0 radical (unpaired) electrons. The molecule has 4 aromatic rings. The summed E-state index contributed by atoms with van der Waals surface area (Å²) >= 11 is 13.9. The van der Waals surface area contributed by atoms with Crippen LogP contribution in [0, 0.1) is 11.1 Å². The summed E-state index contributed by atoms with van der Waals surface area (Å²) in [5.41, 5.74) is 2.13. The van der Waals surface area contributed by atoms with Crippen LogP contribution in [0.1, 0.15) is 12.8 Å². The second-order valence-corrected chi connectivity index (χ2v) is 12.9. The van der Waals surface area contributed by atoms with E-state index in [4.69, 9.17) is 9.47 Å². The molecule has 4 heterocycles. The van der Waals surface area contributed by atoms with Crippen LogP contribution >= 0.6 is 99.6 Å². The first-order valence-corrected chi connectivity index (χ1v) is 15.7. The molecule has 0 aliphatic carbocycles. The van der Waals surface area contributed by atoms with Crippen LogP contribution in [0.15, 0.2) is 51.5 Å². The number of fused-ring (bicyclic) bond motifs is 6. The predicted octanol–water partition coefficient (Wildman–Crippen LogP) is 8.00. The molecule has 0 spiro atoms. The molecule has 0 fully saturated rings. The monoisotopic (exact) mass is 934 g/mol. The number of nitrogens with zero attached hydrogens (tertiary/aromatic N) is 4. The average Bonchev–Trinajstić information content (AvgIpc) is 3.30. The van der Waals surface area contributed by atoms with Crippen LogP contribution in [0.2, 0.25) is 0 Å². The Morgan fingerprint density at radius 1 is 0.771 bits per heavy atom. The lowest BCUT2D eigenvalue weighted by molar-refractivity contribution is 0.298. The molecule has 6 nitrogen and oxygen atoms in total. The zero-order chi connectivity index (χ0) is 24.5. The van der Waals surface area contributed by atoms with Crippen LogP contribution in [-0.2, 0) is 13.1 Å². The van der Waals surface area contributed by atoms with Crippen molar-refractivity contribution < 1.29 is 9.47 Å². The van der Waals surface area contributed by atoms with Gasteiger partial charge < -0.3 is 18.6 Å². The van der Waals surface area contributed by atoms with E-state index in [1.54, 1.807) is 0 Å². The molecule has 0 amide bonds. The highest BCUT2D eigenvalue weighted by Gasteiger charge is 2.20. The van der Waals surface area contributed by atoms with Crippen LogP contribution in [0.5, 0.6) is 11.5 Å². The minimum Gasteiger partial charge on any atom is -0.493 e. The molecule has 0 bridgehead atoms. The summed E-state index contributed by atoms with van der Waals surface area (Å²) in [7, 11) is 0. The molecule has 182 valence electrons. The first-order chi connectivity index (χ1) is 16.9. The van der Waals surface area contributed by atoms with Crippen molar-refractivity contribution in [2.24, 2.45) is 0 Å². The molecule has 0 saturated carbocycles. The Morgan fingerprint density at radius 3 is 2.03 bits per heavy atom. The summed E-state index contributed by atoms with van der Waals surface area (Å²) in [4.78, 5) is 9.25. The van der Waals surface area contributed by atoms with Gasteiger partial charge in [0.05, 0.1) is 24.3 Å². The van der Waals surface area contributed by atoms with Crippen molar-refractivity contribution in [2.45, 2.75) is 25.9 Å². The fourth-order valence-electron chi connectivity index (χ4n) is 4.01. The fourth-order valence-corrected chi connectivity index (χ4v) is 6.36. The number of hydrogen-bond acceptors (Lipinski definition) is 4. The van der Waals surface area contributed by atoms with Gasteiger partial charge in [-0.25, -0.2) is 9.97 Å². The number of aryl methyl sites for hydroxylation is 1. The molecule has 0 saturated heterocycles. The van der Waals surface area contributed by atoms with E-state index in [1.807, 2.05) is 24.3 Å². The molecule has 2 aromatic heterocycles. The number of hydrogen-bond donors (Lipinski definition) is 0. The largest absolute Gasteiger partial charge is 0.493 e. The van der Waals surface area contributed by atoms with Gasteiger partial charge in [0.1, 0.15) is 34.2 Å². The van der Waals surface area contributed by atoms with E-state index in [0.717, 1.165) is 89.8 Å². The Morgan fingerprint density at radius 2 is 1.37 bits per heavy atom. The highest BCUT2D eigenvalue weighted by Crippen LogP contribution is 2.36. The molecular formula is C24H19Br2I3N4O2. The summed E-state index contributed by atoms with van der Waals surface area (Å²) in [5.74, 6) is 3.81. The standard InChI is InChI=1S/C12H9BrI2N2O.C12H10BrIN2O/c13-7-2-3-8-9(6-7)18-5-1-4-17-11(15)10(14)16-12(8)17;13-8-2-3-9-10(6-8)17-5-1-4-16-7-11(14)15-12(9)16/h2-3,6H,1,4-5H2;2-3,6-7H,1,4-5H2.